The van der Waals surface area contributed by atoms with Crippen molar-refractivity contribution in [2.24, 2.45) is 0 Å². The van der Waals surface area contributed by atoms with Crippen molar-refractivity contribution >= 4 is 46.7 Å². The lowest BCUT2D eigenvalue weighted by Gasteiger charge is -2.24. The van der Waals surface area contributed by atoms with Crippen LogP contribution in [0.15, 0.2) is 84.9 Å². The number of halogens is 3. The van der Waals surface area contributed by atoms with Crippen LogP contribution in [0, 0.1) is 0 Å². The first-order valence-electron chi connectivity index (χ1n) is 12.7. The molecule has 10 heteroatoms. The summed E-state index contributed by atoms with van der Waals surface area (Å²) in [5.41, 5.74) is 1.82. The Hall–Kier alpha value is -3.91. The summed E-state index contributed by atoms with van der Waals surface area (Å²) in [6, 6.07) is 23.9. The lowest BCUT2D eigenvalue weighted by molar-refractivity contribution is -0.139. The van der Waals surface area contributed by atoms with E-state index in [-0.39, 0.29) is 17.5 Å². The molecule has 0 aromatic heterocycles. The Labute approximate surface area is 251 Å². The number of hydrogen-bond acceptors (Lipinski definition) is 5. The van der Waals surface area contributed by atoms with Gasteiger partial charge in [0.2, 0.25) is 0 Å². The number of rotatable bonds is 9. The molecule has 210 valence electrons. The highest BCUT2D eigenvalue weighted by molar-refractivity contribution is 6.32. The largest absolute Gasteiger partial charge is 0.493 e. The Morgan fingerprint density at radius 2 is 1.68 bits per heavy atom. The number of carboxylic acid groups (broad SMARTS) is 1. The number of carbonyl (C=O) groups is 2. The van der Waals surface area contributed by atoms with E-state index in [0.717, 1.165) is 5.56 Å². The van der Waals surface area contributed by atoms with Gasteiger partial charge in [-0.3, -0.25) is 9.59 Å². The number of carboxylic acids is 1. The Balaban J connectivity index is 1.29. The smallest absolute Gasteiger partial charge is 0.311 e. The van der Waals surface area contributed by atoms with Gasteiger partial charge < -0.3 is 24.6 Å². The highest BCUT2D eigenvalue weighted by atomic mass is 35.5. The zero-order chi connectivity index (χ0) is 28.9. The third-order valence-electron chi connectivity index (χ3n) is 6.45. The second-order valence-electron chi connectivity index (χ2n) is 9.34. The average Bonchev–Trinajstić information content (AvgIpc) is 2.94. The molecule has 2 unspecified atom stereocenters. The molecule has 2 atom stereocenters. The number of fused-ring (bicyclic) bond motifs is 1. The molecule has 4 aromatic carbocycles. The van der Waals surface area contributed by atoms with Crippen LogP contribution in [0.4, 0.5) is 0 Å². The zero-order valence-corrected chi connectivity index (χ0v) is 23.7. The van der Waals surface area contributed by atoms with E-state index < -0.39 is 18.1 Å². The summed E-state index contributed by atoms with van der Waals surface area (Å²) in [5.74, 6) is -0.284. The van der Waals surface area contributed by atoms with Crippen molar-refractivity contribution < 1.29 is 28.9 Å². The molecule has 5 rings (SSSR count). The third kappa shape index (κ3) is 7.24. The maximum atomic E-state index is 13.2. The minimum atomic E-state index is -0.929. The maximum Gasteiger partial charge on any atom is 0.311 e. The number of carbonyl (C=O) groups excluding carboxylic acids is 1. The predicted molar refractivity (Wildman–Crippen MR) is 157 cm³/mol. The molecule has 0 saturated heterocycles. The molecule has 0 bridgehead atoms. The van der Waals surface area contributed by atoms with E-state index in [2.05, 4.69) is 5.32 Å². The fourth-order valence-electron chi connectivity index (χ4n) is 4.42. The van der Waals surface area contributed by atoms with Gasteiger partial charge in [0.25, 0.3) is 5.91 Å². The monoisotopic (exact) mass is 611 g/mol. The van der Waals surface area contributed by atoms with E-state index in [4.69, 9.17) is 49.0 Å². The summed E-state index contributed by atoms with van der Waals surface area (Å²) in [7, 11) is 0. The molecular formula is C31H24Cl3NO6. The molecular weight excluding hydrogens is 589 g/mol. The molecule has 1 aliphatic heterocycles. The standard InChI is InChI=1S/C31H24Cl3NO6/c32-20-8-4-18(5-9-20)14-29(41-23-3-1-2-21(33)15-23)35-30(36)19-6-10-22(11-7-19)40-28-17-27-25(16-26(28)34)24(31(37)38)12-13-39-27/h1-11,15-17,24,29H,12-14H2,(H,35,36)(H,37,38). The third-order valence-corrected chi connectivity index (χ3v) is 7.23. The molecule has 0 saturated carbocycles. The molecule has 7 nitrogen and oxygen atoms in total. The van der Waals surface area contributed by atoms with Crippen LogP contribution in [-0.2, 0) is 11.2 Å². The van der Waals surface area contributed by atoms with Crippen molar-refractivity contribution in [1.29, 1.82) is 0 Å². The minimum absolute atomic E-state index is 0.255. The summed E-state index contributed by atoms with van der Waals surface area (Å²) in [5, 5.41) is 13.8. The summed E-state index contributed by atoms with van der Waals surface area (Å²) in [4.78, 5) is 24.7. The normalized spacial score (nSPS) is 14.8. The van der Waals surface area contributed by atoms with Gasteiger partial charge >= 0.3 is 5.97 Å². The molecule has 2 N–H and O–H groups in total. The Bertz CT molecular complexity index is 1560. The van der Waals surface area contributed by atoms with Gasteiger partial charge in [-0.2, -0.15) is 0 Å². The molecule has 1 aliphatic rings. The van der Waals surface area contributed by atoms with Gasteiger partial charge in [-0.1, -0.05) is 53.0 Å². The molecule has 0 spiro atoms. The SMILES string of the molecule is O=C(NC(Cc1ccc(Cl)cc1)Oc1cccc(Cl)c1)c1ccc(Oc2cc3c(cc2Cl)C(C(=O)O)CCO3)cc1. The quantitative estimate of drug-likeness (QED) is 0.188. The summed E-state index contributed by atoms with van der Waals surface area (Å²) >= 11 is 18.5. The predicted octanol–water partition coefficient (Wildman–Crippen LogP) is 7.77. The van der Waals surface area contributed by atoms with Gasteiger partial charge in [-0.05, 0) is 72.6 Å². The lowest BCUT2D eigenvalue weighted by Crippen LogP contribution is -2.40. The molecule has 0 aliphatic carbocycles. The number of aliphatic carboxylic acids is 1. The van der Waals surface area contributed by atoms with Crippen LogP contribution in [0.25, 0.3) is 0 Å². The van der Waals surface area contributed by atoms with E-state index in [1.807, 2.05) is 12.1 Å². The molecule has 1 amide bonds. The topological polar surface area (TPSA) is 94.1 Å². The first-order valence-corrected chi connectivity index (χ1v) is 13.8. The number of hydrogen-bond donors (Lipinski definition) is 2. The van der Waals surface area contributed by atoms with Gasteiger partial charge in [-0.15, -0.1) is 0 Å². The van der Waals surface area contributed by atoms with Crippen LogP contribution in [0.3, 0.4) is 0 Å². The molecule has 4 aromatic rings. The van der Waals surface area contributed by atoms with Gasteiger partial charge in [-0.25, -0.2) is 0 Å². The van der Waals surface area contributed by atoms with Crippen LogP contribution < -0.4 is 19.5 Å². The van der Waals surface area contributed by atoms with Crippen LogP contribution >= 0.6 is 34.8 Å². The maximum absolute atomic E-state index is 13.2. The second kappa shape index (κ2) is 12.7. The van der Waals surface area contributed by atoms with Crippen molar-refractivity contribution in [2.75, 3.05) is 6.61 Å². The lowest BCUT2D eigenvalue weighted by atomic mass is 9.93. The number of nitrogens with one attached hydrogen (secondary N) is 1. The highest BCUT2D eigenvalue weighted by Crippen LogP contribution is 2.41. The molecule has 0 fully saturated rings. The van der Waals surface area contributed by atoms with E-state index >= 15 is 0 Å². The van der Waals surface area contributed by atoms with Gasteiger partial charge in [0.15, 0.2) is 6.23 Å². The Morgan fingerprint density at radius 3 is 2.39 bits per heavy atom. The average molecular weight is 613 g/mol. The van der Waals surface area contributed by atoms with E-state index in [9.17, 15) is 14.7 Å². The van der Waals surface area contributed by atoms with Crippen molar-refractivity contribution in [3.63, 3.8) is 0 Å². The number of benzene rings is 4. The molecule has 1 heterocycles. The fourth-order valence-corrected chi connectivity index (χ4v) is 4.93. The van der Waals surface area contributed by atoms with Crippen molar-refractivity contribution in [2.45, 2.75) is 25.0 Å². The number of ether oxygens (including phenoxy) is 3. The Morgan fingerprint density at radius 1 is 0.927 bits per heavy atom. The van der Waals surface area contributed by atoms with Gasteiger partial charge in [0.05, 0.1) is 17.5 Å². The van der Waals surface area contributed by atoms with Gasteiger partial charge in [0.1, 0.15) is 23.0 Å². The fraction of sp³-hybridized carbons (Fsp3) is 0.161. The van der Waals surface area contributed by atoms with Crippen LogP contribution in [0.1, 0.15) is 33.8 Å². The molecule has 41 heavy (non-hydrogen) atoms. The Kier molecular flexibility index (Phi) is 8.88. The molecule has 0 radical (unpaired) electrons. The van der Waals surface area contributed by atoms with E-state index in [1.165, 1.54) is 0 Å². The highest BCUT2D eigenvalue weighted by Gasteiger charge is 2.29. The minimum Gasteiger partial charge on any atom is -0.493 e. The van der Waals surface area contributed by atoms with Crippen LogP contribution in [-0.4, -0.2) is 29.8 Å². The summed E-state index contributed by atoms with van der Waals surface area (Å²) < 4.78 is 17.6. The summed E-state index contributed by atoms with van der Waals surface area (Å²) in [6.45, 7) is 0.287. The van der Waals surface area contributed by atoms with Crippen molar-refractivity contribution in [3.05, 3.63) is 117 Å². The first kappa shape index (κ1) is 28.6. The summed E-state index contributed by atoms with van der Waals surface area (Å²) in [6.07, 6.45) is 0.0627. The van der Waals surface area contributed by atoms with E-state index in [0.29, 0.717) is 57.0 Å². The van der Waals surface area contributed by atoms with Crippen LogP contribution in [0.2, 0.25) is 15.1 Å². The van der Waals surface area contributed by atoms with Crippen molar-refractivity contribution in [1.82, 2.24) is 5.32 Å². The van der Waals surface area contributed by atoms with Crippen molar-refractivity contribution in [3.8, 4) is 23.0 Å². The zero-order valence-electron chi connectivity index (χ0n) is 21.5. The van der Waals surface area contributed by atoms with Gasteiger partial charge in [0, 0.05) is 33.7 Å². The van der Waals surface area contributed by atoms with E-state index in [1.54, 1.807) is 72.8 Å². The first-order chi connectivity index (χ1) is 19.7. The van der Waals surface area contributed by atoms with Crippen LogP contribution in [0.5, 0.6) is 23.0 Å². The number of amides is 1. The second-order valence-corrected chi connectivity index (χ2v) is 10.6.